The summed E-state index contributed by atoms with van der Waals surface area (Å²) >= 11 is 0. The average molecular weight is 465 g/mol. The molecule has 1 unspecified atom stereocenters. The van der Waals surface area contributed by atoms with Gasteiger partial charge in [-0.25, -0.2) is 18.7 Å². The topological polar surface area (TPSA) is 96.8 Å². The molecular weight excluding hydrogens is 444 g/mol. The second kappa shape index (κ2) is 8.97. The van der Waals surface area contributed by atoms with Crippen LogP contribution in [0.15, 0.2) is 66.3 Å². The van der Waals surface area contributed by atoms with Gasteiger partial charge >= 0.3 is 0 Å². The van der Waals surface area contributed by atoms with Crippen molar-refractivity contribution >= 4 is 28.9 Å². The van der Waals surface area contributed by atoms with Crippen LogP contribution in [0.3, 0.4) is 0 Å². The smallest absolute Gasteiger partial charge is 0.270 e. The zero-order valence-corrected chi connectivity index (χ0v) is 18.6. The highest BCUT2D eigenvalue weighted by atomic mass is 19.3. The molecule has 8 nitrogen and oxygen atoms in total. The predicted molar refractivity (Wildman–Crippen MR) is 123 cm³/mol. The summed E-state index contributed by atoms with van der Waals surface area (Å²) in [6, 6.07) is 10.4. The van der Waals surface area contributed by atoms with E-state index in [1.54, 1.807) is 37.5 Å². The third-order valence-corrected chi connectivity index (χ3v) is 5.33. The minimum Gasteiger partial charge on any atom is -0.496 e. The Morgan fingerprint density at radius 3 is 2.56 bits per heavy atom. The molecule has 4 rings (SSSR count). The Bertz CT molecular complexity index is 1280. The molecule has 0 aliphatic carbocycles. The lowest BCUT2D eigenvalue weighted by Crippen LogP contribution is -2.36. The first-order valence-corrected chi connectivity index (χ1v) is 10.3. The van der Waals surface area contributed by atoms with Crippen LogP contribution in [-0.4, -0.2) is 34.6 Å². The number of hydrazone groups is 1. The van der Waals surface area contributed by atoms with Gasteiger partial charge in [0.1, 0.15) is 12.1 Å². The number of nitrogens with one attached hydrogen (secondary N) is 1. The van der Waals surface area contributed by atoms with E-state index in [2.05, 4.69) is 20.4 Å². The minimum absolute atomic E-state index is 0.166. The van der Waals surface area contributed by atoms with E-state index in [0.717, 1.165) is 11.9 Å². The molecule has 0 fully saturated rings. The monoisotopic (exact) mass is 465 g/mol. The summed E-state index contributed by atoms with van der Waals surface area (Å²) in [6.07, 6.45) is 4.62. The number of hydrogen-bond acceptors (Lipinski definition) is 6. The molecule has 1 atom stereocenters. The van der Waals surface area contributed by atoms with Crippen LogP contribution in [-0.2, 0) is 15.5 Å². The molecule has 0 spiro atoms. The molecule has 2 aromatic carbocycles. The van der Waals surface area contributed by atoms with E-state index >= 15 is 0 Å². The van der Waals surface area contributed by atoms with E-state index in [4.69, 9.17) is 4.74 Å². The second-order valence-corrected chi connectivity index (χ2v) is 7.79. The molecule has 1 aliphatic rings. The molecule has 34 heavy (non-hydrogen) atoms. The van der Waals surface area contributed by atoms with E-state index in [1.807, 2.05) is 0 Å². The molecule has 10 heteroatoms. The van der Waals surface area contributed by atoms with Gasteiger partial charge in [0.25, 0.3) is 11.8 Å². The number of alkyl halides is 2. The Balaban J connectivity index is 1.59. The number of methoxy groups -OCH3 is 1. The fraction of sp³-hybridized carbons (Fsp3) is 0.208. The quantitative estimate of drug-likeness (QED) is 0.550. The van der Waals surface area contributed by atoms with Crippen molar-refractivity contribution < 1.29 is 23.1 Å². The third-order valence-electron chi connectivity index (χ3n) is 5.33. The normalized spacial score (nSPS) is 15.8. The molecule has 1 N–H and O–H groups in total. The van der Waals surface area contributed by atoms with Gasteiger partial charge in [0.2, 0.25) is 5.91 Å². The zero-order chi connectivity index (χ0) is 24.5. The molecule has 0 bridgehead atoms. The highest BCUT2D eigenvalue weighted by Crippen LogP contribution is 2.35. The number of halogens is 2. The van der Waals surface area contributed by atoms with Crippen molar-refractivity contribution in [2.45, 2.75) is 19.8 Å². The van der Waals surface area contributed by atoms with Gasteiger partial charge in [-0.15, -0.1) is 0 Å². The molecule has 1 aliphatic heterocycles. The van der Waals surface area contributed by atoms with Gasteiger partial charge in [-0.1, -0.05) is 12.1 Å². The van der Waals surface area contributed by atoms with E-state index in [0.29, 0.717) is 22.6 Å². The maximum Gasteiger partial charge on any atom is 0.270 e. The lowest BCUT2D eigenvalue weighted by Gasteiger charge is -2.17. The van der Waals surface area contributed by atoms with Crippen LogP contribution < -0.4 is 15.1 Å². The Labute approximate surface area is 194 Å². The molecule has 0 saturated carbocycles. The number of anilines is 2. The summed E-state index contributed by atoms with van der Waals surface area (Å²) < 4.78 is 32.7. The SMILES string of the molecule is COc1ccc(N2N=C(C)C(C(=O)Nc3cccc(C(C)(F)F)c3)C2=O)cc1-c1cncnc1. The Morgan fingerprint density at radius 1 is 1.15 bits per heavy atom. The number of ether oxygens (including phenoxy) is 1. The van der Waals surface area contributed by atoms with Crippen LogP contribution in [0, 0.1) is 5.92 Å². The molecular formula is C24H21F2N5O3. The van der Waals surface area contributed by atoms with Crippen molar-refractivity contribution in [1.29, 1.82) is 0 Å². The van der Waals surface area contributed by atoms with Crippen molar-refractivity contribution in [3.8, 4) is 16.9 Å². The van der Waals surface area contributed by atoms with E-state index < -0.39 is 23.7 Å². The molecule has 0 radical (unpaired) electrons. The number of nitrogens with zero attached hydrogens (tertiary/aromatic N) is 4. The predicted octanol–water partition coefficient (Wildman–Crippen LogP) is 4.24. The van der Waals surface area contributed by atoms with Gasteiger partial charge in [-0.2, -0.15) is 10.1 Å². The highest BCUT2D eigenvalue weighted by Gasteiger charge is 2.40. The molecule has 2 amide bonds. The summed E-state index contributed by atoms with van der Waals surface area (Å²) in [5, 5.41) is 7.97. The van der Waals surface area contributed by atoms with Gasteiger partial charge in [0, 0.05) is 41.7 Å². The van der Waals surface area contributed by atoms with Gasteiger partial charge in [0.15, 0.2) is 5.92 Å². The van der Waals surface area contributed by atoms with E-state index in [9.17, 15) is 18.4 Å². The molecule has 3 aromatic rings. The first-order valence-electron chi connectivity index (χ1n) is 10.3. The van der Waals surface area contributed by atoms with Crippen molar-refractivity contribution in [2.75, 3.05) is 17.4 Å². The first-order chi connectivity index (χ1) is 16.2. The van der Waals surface area contributed by atoms with Crippen LogP contribution >= 0.6 is 0 Å². The van der Waals surface area contributed by atoms with E-state index in [1.165, 1.54) is 37.7 Å². The first kappa shape index (κ1) is 23.0. The van der Waals surface area contributed by atoms with Gasteiger partial charge in [-0.3, -0.25) is 9.59 Å². The highest BCUT2D eigenvalue weighted by molar-refractivity contribution is 6.28. The number of aromatic nitrogens is 2. The number of amides is 2. The lowest BCUT2D eigenvalue weighted by molar-refractivity contribution is -0.127. The van der Waals surface area contributed by atoms with Gasteiger partial charge in [0.05, 0.1) is 18.5 Å². The number of rotatable bonds is 6. The summed E-state index contributed by atoms with van der Waals surface area (Å²) in [7, 11) is 1.52. The molecule has 174 valence electrons. The lowest BCUT2D eigenvalue weighted by atomic mass is 10.0. The van der Waals surface area contributed by atoms with Crippen molar-refractivity contribution in [2.24, 2.45) is 11.0 Å². The molecule has 1 aromatic heterocycles. The maximum atomic E-state index is 13.6. The van der Waals surface area contributed by atoms with Gasteiger partial charge in [-0.05, 0) is 37.3 Å². The second-order valence-electron chi connectivity index (χ2n) is 7.79. The Hall–Kier alpha value is -4.21. The van der Waals surface area contributed by atoms with Crippen LogP contribution in [0.1, 0.15) is 19.4 Å². The Morgan fingerprint density at radius 2 is 1.88 bits per heavy atom. The summed E-state index contributed by atoms with van der Waals surface area (Å²) in [4.78, 5) is 34.1. The van der Waals surface area contributed by atoms with Crippen molar-refractivity contribution in [3.63, 3.8) is 0 Å². The fourth-order valence-corrected chi connectivity index (χ4v) is 3.63. The number of carbonyl (C=O) groups excluding carboxylic acids is 2. The van der Waals surface area contributed by atoms with Crippen LogP contribution in [0.2, 0.25) is 0 Å². The number of benzene rings is 2. The number of carbonyl (C=O) groups is 2. The van der Waals surface area contributed by atoms with Crippen molar-refractivity contribution in [1.82, 2.24) is 9.97 Å². The van der Waals surface area contributed by atoms with Gasteiger partial charge < -0.3 is 10.1 Å². The molecule has 2 heterocycles. The van der Waals surface area contributed by atoms with Crippen LogP contribution in [0.5, 0.6) is 5.75 Å². The minimum atomic E-state index is -3.06. The van der Waals surface area contributed by atoms with Crippen LogP contribution in [0.25, 0.3) is 11.1 Å². The maximum absolute atomic E-state index is 13.6. The largest absolute Gasteiger partial charge is 0.496 e. The van der Waals surface area contributed by atoms with Crippen LogP contribution in [0.4, 0.5) is 20.2 Å². The van der Waals surface area contributed by atoms with E-state index in [-0.39, 0.29) is 17.0 Å². The standard InChI is InChI=1S/C24H21F2N5O3/c1-14-21(22(32)29-17-6-4-5-16(9-17)24(2,25)26)23(33)31(30-14)18-7-8-20(34-3)19(10-18)15-11-27-13-28-12-15/h4-13,21H,1-3H3,(H,29,32). The average Bonchev–Trinajstić information content (AvgIpc) is 3.12. The summed E-state index contributed by atoms with van der Waals surface area (Å²) in [6.45, 7) is 2.34. The zero-order valence-electron chi connectivity index (χ0n) is 18.6. The summed E-state index contributed by atoms with van der Waals surface area (Å²) in [5.74, 6) is -4.93. The fourth-order valence-electron chi connectivity index (χ4n) is 3.63. The Kier molecular flexibility index (Phi) is 6.06. The number of hydrogen-bond donors (Lipinski definition) is 1. The molecule has 0 saturated heterocycles. The summed E-state index contributed by atoms with van der Waals surface area (Å²) in [5.41, 5.74) is 1.94. The van der Waals surface area contributed by atoms with Crippen molar-refractivity contribution in [3.05, 3.63) is 66.7 Å². The third kappa shape index (κ3) is 4.47.